The van der Waals surface area contributed by atoms with Crippen molar-refractivity contribution in [1.82, 2.24) is 16.0 Å². The zero-order chi connectivity index (χ0) is 30.1. The molecule has 13 nitrogen and oxygen atoms in total. The lowest BCUT2D eigenvalue weighted by molar-refractivity contribution is -0.142. The van der Waals surface area contributed by atoms with Crippen molar-refractivity contribution in [1.29, 1.82) is 0 Å². The maximum absolute atomic E-state index is 13.9. The Labute approximate surface area is 241 Å². The van der Waals surface area contributed by atoms with Crippen molar-refractivity contribution >= 4 is 58.5 Å². The number of carboxylic acids is 1. The molecule has 0 aromatic carbocycles. The molecule has 0 saturated carbocycles. The molecule has 0 bridgehead atoms. The van der Waals surface area contributed by atoms with E-state index < -0.39 is 82.3 Å². The summed E-state index contributed by atoms with van der Waals surface area (Å²) in [5, 5.41) is 38.3. The number of hydrogen-bond acceptors (Lipinski definition) is 10. The van der Waals surface area contributed by atoms with E-state index in [-0.39, 0.29) is 25.1 Å². The number of carbonyl (C=O) groups excluding carboxylic acids is 5. The minimum atomic E-state index is -2.17. The average molecular weight is 605 g/mol. The van der Waals surface area contributed by atoms with Gasteiger partial charge in [0.05, 0.1) is 18.1 Å². The highest BCUT2D eigenvalue weighted by Gasteiger charge is 2.68. The molecule has 1 saturated heterocycles. The normalized spacial score (nSPS) is 28.2. The van der Waals surface area contributed by atoms with Gasteiger partial charge < -0.3 is 41.8 Å². The molecule has 8 N–H and O–H groups in total. The summed E-state index contributed by atoms with van der Waals surface area (Å²) in [6.07, 6.45) is 4.33. The van der Waals surface area contributed by atoms with Crippen LogP contribution in [0.4, 0.5) is 0 Å². The lowest BCUT2D eigenvalue weighted by atomic mass is 9.69. The standard InChI is InChI=1S/C25H37ClN4O9S/c1-24(39)16(9-10-26)21(36)30-25(24,20(35)14-5-3-2-4-6-14)23(38)40-13-17(22(37)28-11-19(33)34)29-18(32)8-7-15(27)12-31/h3,5,12,14-17,20,35,39H,2,4,6-11,13,27H2,1H3,(H,28,37)(H,29,32)(H,30,36)(H,33,34)/t14-,15?,16+,17?,20+,24+,25+/m1/s1. The number of alkyl halides is 1. The number of carboxylic acid groups (broad SMARTS) is 1. The second-order valence-electron chi connectivity index (χ2n) is 10.1. The van der Waals surface area contributed by atoms with Crippen LogP contribution in [0, 0.1) is 11.8 Å². The van der Waals surface area contributed by atoms with E-state index in [0.29, 0.717) is 24.5 Å². The molecule has 1 fully saturated rings. The van der Waals surface area contributed by atoms with Crippen LogP contribution in [0.15, 0.2) is 12.2 Å². The van der Waals surface area contributed by atoms with Gasteiger partial charge in [-0.2, -0.15) is 0 Å². The summed E-state index contributed by atoms with van der Waals surface area (Å²) >= 11 is 6.36. The van der Waals surface area contributed by atoms with E-state index in [2.05, 4.69) is 16.0 Å². The SMILES string of the molecule is C[C@]1(O)[C@@H](CCCl)C(=O)N[C@]1(C(=O)SCC(NC(=O)CCC(N)C=O)C(=O)NCC(=O)O)[C@@H](O)[C@@H]1C=CCCC1. The summed E-state index contributed by atoms with van der Waals surface area (Å²) in [6, 6.07) is -2.30. The van der Waals surface area contributed by atoms with E-state index in [1.165, 1.54) is 6.92 Å². The number of hydrogen-bond donors (Lipinski definition) is 7. The molecule has 7 atom stereocenters. The molecule has 0 spiro atoms. The fourth-order valence-electron chi connectivity index (χ4n) is 5.01. The van der Waals surface area contributed by atoms with Crippen LogP contribution in [-0.2, 0) is 28.8 Å². The highest BCUT2D eigenvalue weighted by Crippen LogP contribution is 2.46. The molecule has 2 rings (SSSR count). The predicted molar refractivity (Wildman–Crippen MR) is 146 cm³/mol. The van der Waals surface area contributed by atoms with Crippen LogP contribution in [0.1, 0.15) is 45.4 Å². The van der Waals surface area contributed by atoms with Crippen LogP contribution in [0.25, 0.3) is 0 Å². The van der Waals surface area contributed by atoms with E-state index >= 15 is 0 Å². The van der Waals surface area contributed by atoms with Gasteiger partial charge in [0, 0.05) is 24.0 Å². The summed E-state index contributed by atoms with van der Waals surface area (Å²) in [5.74, 6) is -5.64. The van der Waals surface area contributed by atoms with Gasteiger partial charge >= 0.3 is 5.97 Å². The summed E-state index contributed by atoms with van der Waals surface area (Å²) in [4.78, 5) is 73.6. The number of amides is 3. The van der Waals surface area contributed by atoms with E-state index in [9.17, 15) is 39.0 Å². The van der Waals surface area contributed by atoms with Crippen molar-refractivity contribution < 1.29 is 44.1 Å². The lowest BCUT2D eigenvalue weighted by Crippen LogP contribution is -2.69. The van der Waals surface area contributed by atoms with E-state index in [1.807, 2.05) is 6.08 Å². The largest absolute Gasteiger partial charge is 0.480 e. The summed E-state index contributed by atoms with van der Waals surface area (Å²) in [7, 11) is 0. The molecule has 1 aliphatic carbocycles. The van der Waals surface area contributed by atoms with Gasteiger partial charge in [-0.25, -0.2) is 0 Å². The van der Waals surface area contributed by atoms with Gasteiger partial charge in [-0.3, -0.25) is 24.0 Å². The number of aldehydes is 1. The van der Waals surface area contributed by atoms with Crippen molar-refractivity contribution in [3.05, 3.63) is 12.2 Å². The quantitative estimate of drug-likeness (QED) is 0.0668. The first-order valence-electron chi connectivity index (χ1n) is 12.9. The molecule has 3 amide bonds. The summed E-state index contributed by atoms with van der Waals surface area (Å²) in [5.41, 5.74) is 1.27. The third-order valence-corrected chi connectivity index (χ3v) is 8.60. The molecule has 2 unspecified atom stereocenters. The molecule has 15 heteroatoms. The number of aliphatic hydroxyl groups excluding tert-OH is 1. The number of halogens is 1. The smallest absolute Gasteiger partial charge is 0.322 e. The second kappa shape index (κ2) is 14.9. The minimum Gasteiger partial charge on any atom is -0.480 e. The minimum absolute atomic E-state index is 0.00800. The Morgan fingerprint density at radius 2 is 2.05 bits per heavy atom. The fourth-order valence-corrected chi connectivity index (χ4v) is 6.38. The van der Waals surface area contributed by atoms with E-state index in [0.717, 1.165) is 12.8 Å². The summed E-state index contributed by atoms with van der Waals surface area (Å²) < 4.78 is 0. The van der Waals surface area contributed by atoms with Gasteiger partial charge in [-0.15, -0.1) is 11.6 Å². The molecular formula is C25H37ClN4O9S. The number of nitrogens with two attached hydrogens (primary N) is 1. The molecule has 40 heavy (non-hydrogen) atoms. The number of allylic oxidation sites excluding steroid dienone is 1. The van der Waals surface area contributed by atoms with Crippen LogP contribution >= 0.6 is 23.4 Å². The van der Waals surface area contributed by atoms with Gasteiger partial charge in [0.15, 0.2) is 5.54 Å². The number of aliphatic hydroxyl groups is 2. The average Bonchev–Trinajstić information content (AvgIpc) is 3.13. The Balaban J connectivity index is 2.34. The number of aliphatic carboxylic acids is 1. The first-order chi connectivity index (χ1) is 18.8. The lowest BCUT2D eigenvalue weighted by Gasteiger charge is -2.45. The van der Waals surface area contributed by atoms with Gasteiger partial charge in [0.2, 0.25) is 22.8 Å². The Hall–Kier alpha value is -2.52. The van der Waals surface area contributed by atoms with Crippen molar-refractivity contribution in [3.8, 4) is 0 Å². The predicted octanol–water partition coefficient (Wildman–Crippen LogP) is -1.18. The molecule has 1 aliphatic heterocycles. The van der Waals surface area contributed by atoms with Crippen molar-refractivity contribution in [2.24, 2.45) is 17.6 Å². The van der Waals surface area contributed by atoms with Crippen LogP contribution < -0.4 is 21.7 Å². The number of thioether (sulfide) groups is 1. The zero-order valence-corrected chi connectivity index (χ0v) is 23.7. The number of carbonyl (C=O) groups is 6. The van der Waals surface area contributed by atoms with E-state index in [4.69, 9.17) is 22.4 Å². The van der Waals surface area contributed by atoms with Crippen LogP contribution in [0.2, 0.25) is 0 Å². The Morgan fingerprint density at radius 1 is 1.35 bits per heavy atom. The molecule has 0 radical (unpaired) electrons. The summed E-state index contributed by atoms with van der Waals surface area (Å²) in [6.45, 7) is 0.535. The van der Waals surface area contributed by atoms with Gasteiger partial charge in [-0.1, -0.05) is 23.9 Å². The highest BCUT2D eigenvalue weighted by molar-refractivity contribution is 8.13. The highest BCUT2D eigenvalue weighted by atomic mass is 35.5. The van der Waals surface area contributed by atoms with Gasteiger partial charge in [0.1, 0.15) is 24.5 Å². The maximum Gasteiger partial charge on any atom is 0.322 e. The third kappa shape index (κ3) is 7.81. The molecular weight excluding hydrogens is 568 g/mol. The molecule has 224 valence electrons. The van der Waals surface area contributed by atoms with Crippen LogP contribution in [0.3, 0.4) is 0 Å². The van der Waals surface area contributed by atoms with Crippen molar-refractivity contribution in [2.45, 2.75) is 74.8 Å². The second-order valence-corrected chi connectivity index (χ2v) is 11.5. The zero-order valence-electron chi connectivity index (χ0n) is 22.1. The first-order valence-corrected chi connectivity index (χ1v) is 14.5. The number of nitrogens with one attached hydrogen (secondary N) is 3. The van der Waals surface area contributed by atoms with Crippen molar-refractivity contribution in [2.75, 3.05) is 18.2 Å². The molecule has 0 aromatic heterocycles. The van der Waals surface area contributed by atoms with Crippen LogP contribution in [0.5, 0.6) is 0 Å². The topological polar surface area (TPSA) is 225 Å². The first kappa shape index (κ1) is 33.7. The fraction of sp³-hybridized carbons (Fsp3) is 0.680. The Morgan fingerprint density at radius 3 is 2.62 bits per heavy atom. The number of rotatable bonds is 15. The van der Waals surface area contributed by atoms with Crippen molar-refractivity contribution in [3.63, 3.8) is 0 Å². The molecule has 1 heterocycles. The van der Waals surface area contributed by atoms with E-state index in [1.54, 1.807) is 6.08 Å². The molecule has 0 aromatic rings. The van der Waals surface area contributed by atoms with Crippen LogP contribution in [-0.4, -0.2) is 97.9 Å². The molecule has 2 aliphatic rings. The third-order valence-electron chi connectivity index (χ3n) is 7.30. The Kier molecular flexibility index (Phi) is 12.6. The Bertz CT molecular complexity index is 1010. The van der Waals surface area contributed by atoms with Gasteiger partial charge in [0.25, 0.3) is 0 Å². The van der Waals surface area contributed by atoms with Gasteiger partial charge in [-0.05, 0) is 39.0 Å². The monoisotopic (exact) mass is 604 g/mol. The maximum atomic E-state index is 13.9.